The summed E-state index contributed by atoms with van der Waals surface area (Å²) >= 11 is 4.78. The highest BCUT2D eigenvalue weighted by atomic mass is 79.9. The predicted octanol–water partition coefficient (Wildman–Crippen LogP) is 3.32. The Bertz CT molecular complexity index is 629. The molecule has 102 valence electrons. The lowest BCUT2D eigenvalue weighted by atomic mass is 10.3. The van der Waals surface area contributed by atoms with E-state index in [-0.39, 0.29) is 5.91 Å². The van der Waals surface area contributed by atoms with Gasteiger partial charge in [0.25, 0.3) is 5.91 Å². The highest BCUT2D eigenvalue weighted by Gasteiger charge is 2.03. The van der Waals surface area contributed by atoms with E-state index in [0.29, 0.717) is 18.0 Å². The van der Waals surface area contributed by atoms with Crippen LogP contribution in [0, 0.1) is 11.8 Å². The lowest BCUT2D eigenvalue weighted by molar-refractivity contribution is 0.0962. The first-order valence-corrected chi connectivity index (χ1v) is 7.59. The van der Waals surface area contributed by atoms with E-state index < -0.39 is 0 Å². The number of halogens is 1. The van der Waals surface area contributed by atoms with Crippen molar-refractivity contribution in [2.45, 2.75) is 0 Å². The third-order valence-corrected chi connectivity index (χ3v) is 3.68. The molecule has 0 saturated carbocycles. The van der Waals surface area contributed by atoms with E-state index >= 15 is 0 Å². The minimum absolute atomic E-state index is 0.0952. The van der Waals surface area contributed by atoms with Gasteiger partial charge < -0.3 is 10.1 Å². The highest BCUT2D eigenvalue weighted by molar-refractivity contribution is 9.10. The van der Waals surface area contributed by atoms with Crippen molar-refractivity contribution in [1.29, 1.82) is 0 Å². The van der Waals surface area contributed by atoms with Gasteiger partial charge in [0.15, 0.2) is 0 Å². The summed E-state index contributed by atoms with van der Waals surface area (Å²) in [6, 6.07) is 11.2. The van der Waals surface area contributed by atoms with Gasteiger partial charge in [-0.15, -0.1) is 11.3 Å². The summed E-state index contributed by atoms with van der Waals surface area (Å²) < 4.78 is 6.42. The molecule has 1 aromatic heterocycles. The van der Waals surface area contributed by atoms with Crippen molar-refractivity contribution in [3.63, 3.8) is 0 Å². The normalized spacial score (nSPS) is 9.45. The average Bonchev–Trinajstić information content (AvgIpc) is 2.96. The molecule has 1 amide bonds. The number of hydrogen-bond acceptors (Lipinski definition) is 3. The molecule has 1 heterocycles. The number of carbonyl (C=O) groups excluding carboxylic acids is 1. The fourth-order valence-electron chi connectivity index (χ4n) is 1.41. The second kappa shape index (κ2) is 7.73. The maximum atomic E-state index is 11.6. The fourth-order valence-corrected chi connectivity index (χ4v) is 2.43. The first-order chi connectivity index (χ1) is 9.75. The summed E-state index contributed by atoms with van der Waals surface area (Å²) in [5.41, 5.74) is 0. The average molecular weight is 350 g/mol. The molecule has 1 aromatic carbocycles. The van der Waals surface area contributed by atoms with Crippen LogP contribution in [0.5, 0.6) is 5.75 Å². The maximum absolute atomic E-state index is 11.6. The fraction of sp³-hybridized carbons (Fsp3) is 0.133. The van der Waals surface area contributed by atoms with E-state index in [1.54, 1.807) is 6.07 Å². The Balaban J connectivity index is 1.69. The quantitative estimate of drug-likeness (QED) is 0.859. The Kier molecular flexibility index (Phi) is 5.66. The van der Waals surface area contributed by atoms with Crippen molar-refractivity contribution in [3.8, 4) is 17.6 Å². The van der Waals surface area contributed by atoms with Crippen LogP contribution in [-0.2, 0) is 0 Å². The largest absolute Gasteiger partial charge is 0.481 e. The van der Waals surface area contributed by atoms with Crippen LogP contribution < -0.4 is 10.1 Å². The molecule has 0 radical (unpaired) electrons. The van der Waals surface area contributed by atoms with Crippen LogP contribution in [0.25, 0.3) is 0 Å². The molecule has 5 heteroatoms. The van der Waals surface area contributed by atoms with Crippen LogP contribution in [0.3, 0.4) is 0 Å². The monoisotopic (exact) mass is 349 g/mol. The zero-order chi connectivity index (χ0) is 14.2. The third-order valence-electron chi connectivity index (χ3n) is 2.31. The van der Waals surface area contributed by atoms with E-state index in [9.17, 15) is 4.79 Å². The van der Waals surface area contributed by atoms with Crippen LogP contribution in [-0.4, -0.2) is 19.1 Å². The number of amides is 1. The van der Waals surface area contributed by atoms with Crippen LogP contribution in [0.4, 0.5) is 0 Å². The molecule has 0 saturated heterocycles. The molecular weight excluding hydrogens is 338 g/mol. The standard InChI is InChI=1S/C15H12BrNO2S/c16-12-5-3-6-13(11-12)19-9-2-1-8-17-15(18)14-7-4-10-20-14/h3-7,10-11H,8-9H2,(H,17,18). The lowest BCUT2D eigenvalue weighted by Gasteiger charge is -2.01. The van der Waals surface area contributed by atoms with Crippen LogP contribution in [0.15, 0.2) is 46.3 Å². The molecule has 0 aliphatic rings. The zero-order valence-corrected chi connectivity index (χ0v) is 13.0. The van der Waals surface area contributed by atoms with Gasteiger partial charge in [0.05, 0.1) is 11.4 Å². The summed E-state index contributed by atoms with van der Waals surface area (Å²) in [6.07, 6.45) is 0. The first-order valence-electron chi connectivity index (χ1n) is 5.91. The molecule has 0 atom stereocenters. The van der Waals surface area contributed by atoms with E-state index in [2.05, 4.69) is 33.1 Å². The van der Waals surface area contributed by atoms with Gasteiger partial charge in [-0.05, 0) is 29.6 Å². The number of carbonyl (C=O) groups is 1. The van der Waals surface area contributed by atoms with Crippen molar-refractivity contribution >= 4 is 33.2 Å². The predicted molar refractivity (Wildman–Crippen MR) is 84.1 cm³/mol. The van der Waals surface area contributed by atoms with Crippen molar-refractivity contribution in [2.24, 2.45) is 0 Å². The molecule has 0 unspecified atom stereocenters. The van der Waals surface area contributed by atoms with E-state index in [4.69, 9.17) is 4.74 Å². The van der Waals surface area contributed by atoms with Crippen LogP contribution in [0.1, 0.15) is 9.67 Å². The molecule has 0 aliphatic heterocycles. The number of rotatable bonds is 4. The van der Waals surface area contributed by atoms with Crippen molar-refractivity contribution in [2.75, 3.05) is 13.2 Å². The van der Waals surface area contributed by atoms with Gasteiger partial charge in [0.1, 0.15) is 12.4 Å². The molecule has 0 fully saturated rings. The van der Waals surface area contributed by atoms with Gasteiger partial charge in [-0.1, -0.05) is 39.9 Å². The third kappa shape index (κ3) is 4.72. The second-order valence-electron chi connectivity index (χ2n) is 3.76. The number of nitrogens with one attached hydrogen (secondary N) is 1. The molecule has 0 spiro atoms. The summed E-state index contributed by atoms with van der Waals surface area (Å²) in [7, 11) is 0. The Morgan fingerprint density at radius 3 is 2.95 bits per heavy atom. The van der Waals surface area contributed by atoms with Crippen molar-refractivity contribution in [1.82, 2.24) is 5.32 Å². The van der Waals surface area contributed by atoms with Gasteiger partial charge in [0, 0.05) is 4.47 Å². The second-order valence-corrected chi connectivity index (χ2v) is 5.62. The molecule has 0 aliphatic carbocycles. The highest BCUT2D eigenvalue weighted by Crippen LogP contribution is 2.17. The summed E-state index contributed by atoms with van der Waals surface area (Å²) in [5.74, 6) is 6.37. The minimum Gasteiger partial charge on any atom is -0.481 e. The molecule has 3 nitrogen and oxygen atoms in total. The summed E-state index contributed by atoms with van der Waals surface area (Å²) in [5, 5.41) is 4.60. The summed E-state index contributed by atoms with van der Waals surface area (Å²) in [4.78, 5) is 12.3. The Labute approximate surface area is 130 Å². The molecule has 2 rings (SSSR count). The first kappa shape index (κ1) is 14.6. The van der Waals surface area contributed by atoms with Crippen LogP contribution in [0.2, 0.25) is 0 Å². The topological polar surface area (TPSA) is 38.3 Å². The molecule has 0 bridgehead atoms. The van der Waals surface area contributed by atoms with Crippen molar-refractivity contribution < 1.29 is 9.53 Å². The number of ether oxygens (including phenoxy) is 1. The van der Waals surface area contributed by atoms with Gasteiger partial charge in [-0.25, -0.2) is 0 Å². The van der Waals surface area contributed by atoms with Gasteiger partial charge in [-0.2, -0.15) is 0 Å². The Morgan fingerprint density at radius 1 is 1.30 bits per heavy atom. The molecule has 1 N–H and O–H groups in total. The van der Waals surface area contributed by atoms with E-state index in [1.807, 2.05) is 35.7 Å². The number of hydrogen-bond donors (Lipinski definition) is 1. The van der Waals surface area contributed by atoms with E-state index in [0.717, 1.165) is 10.2 Å². The molecule has 2 aromatic rings. The zero-order valence-electron chi connectivity index (χ0n) is 10.6. The number of benzene rings is 1. The smallest absolute Gasteiger partial charge is 0.262 e. The Hall–Kier alpha value is -1.77. The SMILES string of the molecule is O=C(NCC#CCOc1cccc(Br)c1)c1cccs1. The Morgan fingerprint density at radius 2 is 2.20 bits per heavy atom. The van der Waals surface area contributed by atoms with Crippen molar-refractivity contribution in [3.05, 3.63) is 51.1 Å². The summed E-state index contributed by atoms with van der Waals surface area (Å²) in [6.45, 7) is 0.615. The lowest BCUT2D eigenvalue weighted by Crippen LogP contribution is -2.22. The molecule has 20 heavy (non-hydrogen) atoms. The maximum Gasteiger partial charge on any atom is 0.262 e. The number of thiophene rings is 1. The van der Waals surface area contributed by atoms with Gasteiger partial charge >= 0.3 is 0 Å². The van der Waals surface area contributed by atoms with Crippen LogP contribution >= 0.6 is 27.3 Å². The van der Waals surface area contributed by atoms with E-state index in [1.165, 1.54) is 11.3 Å². The van der Waals surface area contributed by atoms with Gasteiger partial charge in [-0.3, -0.25) is 4.79 Å². The minimum atomic E-state index is -0.0952. The molecular formula is C15H12BrNO2S. The van der Waals surface area contributed by atoms with Gasteiger partial charge in [0.2, 0.25) is 0 Å².